The van der Waals surface area contributed by atoms with E-state index in [-0.39, 0.29) is 0 Å². The molecule has 0 saturated carbocycles. The van der Waals surface area contributed by atoms with E-state index in [1.54, 1.807) is 12.3 Å². The molecule has 3 aromatic rings. The van der Waals surface area contributed by atoms with Crippen LogP contribution in [0.15, 0.2) is 58.2 Å². The molecule has 2 heterocycles. The van der Waals surface area contributed by atoms with Crippen molar-refractivity contribution >= 4 is 40.3 Å². The number of benzene rings is 1. The smallest absolute Gasteiger partial charge is 0.210 e. The topological polar surface area (TPSA) is 42.5 Å². The summed E-state index contributed by atoms with van der Waals surface area (Å²) in [7, 11) is 1.93. The normalized spacial score (nSPS) is 12.7. The highest BCUT2D eigenvalue weighted by atomic mass is 35.5. The first-order valence-corrected chi connectivity index (χ1v) is 8.79. The van der Waals surface area contributed by atoms with Gasteiger partial charge in [0.25, 0.3) is 0 Å². The fourth-order valence-corrected chi connectivity index (χ4v) is 3.50. The molecule has 2 aromatic heterocycles. The standard InChI is InChI=1S/C17H14Cl2N4S/c1-11(15-5-3-4-8-20-15)21-22-17-23(2)16(10-24-17)13-7-6-12(18)9-14(13)19/h3-10H,1-2H3/b21-11+,22-17-. The second-order valence-corrected chi connectivity index (χ2v) is 6.77. The van der Waals surface area contributed by atoms with Crippen molar-refractivity contribution in [3.63, 3.8) is 0 Å². The van der Waals surface area contributed by atoms with Gasteiger partial charge < -0.3 is 4.57 Å². The van der Waals surface area contributed by atoms with Crippen LogP contribution in [0.25, 0.3) is 11.3 Å². The lowest BCUT2D eigenvalue weighted by molar-refractivity contribution is 0.862. The number of rotatable bonds is 3. The molecule has 3 rings (SSSR count). The molecule has 0 unspecified atom stereocenters. The number of aromatic nitrogens is 2. The Hall–Kier alpha value is -1.95. The molecule has 0 bridgehead atoms. The summed E-state index contributed by atoms with van der Waals surface area (Å²) < 4.78 is 1.95. The average molecular weight is 377 g/mol. The zero-order chi connectivity index (χ0) is 17.1. The lowest BCUT2D eigenvalue weighted by Gasteiger charge is -2.05. The monoisotopic (exact) mass is 376 g/mol. The van der Waals surface area contributed by atoms with Gasteiger partial charge in [-0.3, -0.25) is 4.98 Å². The van der Waals surface area contributed by atoms with Crippen LogP contribution >= 0.6 is 34.5 Å². The van der Waals surface area contributed by atoms with Crippen LogP contribution in [0.1, 0.15) is 12.6 Å². The Kier molecular flexibility index (Phi) is 5.14. The summed E-state index contributed by atoms with van der Waals surface area (Å²) in [5, 5.41) is 11.8. The summed E-state index contributed by atoms with van der Waals surface area (Å²) in [6.07, 6.45) is 1.74. The number of nitrogens with zero attached hydrogens (tertiary/aromatic N) is 4. The van der Waals surface area contributed by atoms with E-state index in [0.29, 0.717) is 10.0 Å². The molecule has 7 heteroatoms. The molecular weight excluding hydrogens is 363 g/mol. The van der Waals surface area contributed by atoms with Gasteiger partial charge in [-0.15, -0.1) is 16.4 Å². The van der Waals surface area contributed by atoms with Crippen molar-refractivity contribution in [2.24, 2.45) is 17.3 Å². The molecule has 0 amide bonds. The SMILES string of the molecule is C/C(=N\N=c1/scc(-c2ccc(Cl)cc2Cl)n1C)c1ccccn1. The summed E-state index contributed by atoms with van der Waals surface area (Å²) in [6.45, 7) is 1.89. The number of hydrogen-bond acceptors (Lipinski definition) is 4. The van der Waals surface area contributed by atoms with E-state index >= 15 is 0 Å². The highest BCUT2D eigenvalue weighted by molar-refractivity contribution is 7.07. The molecule has 0 radical (unpaired) electrons. The molecule has 4 nitrogen and oxygen atoms in total. The number of hydrogen-bond donors (Lipinski definition) is 0. The van der Waals surface area contributed by atoms with Gasteiger partial charge in [-0.1, -0.05) is 29.3 Å². The minimum absolute atomic E-state index is 0.607. The minimum atomic E-state index is 0.607. The Labute approximate surface area is 153 Å². The largest absolute Gasteiger partial charge is 0.318 e. The van der Waals surface area contributed by atoms with Crippen LogP contribution in [-0.4, -0.2) is 15.3 Å². The summed E-state index contributed by atoms with van der Waals surface area (Å²) >= 11 is 13.8. The van der Waals surface area contributed by atoms with Crippen molar-refractivity contribution in [3.8, 4) is 11.3 Å². The van der Waals surface area contributed by atoms with Crippen LogP contribution in [0.5, 0.6) is 0 Å². The van der Waals surface area contributed by atoms with E-state index in [9.17, 15) is 0 Å². The van der Waals surface area contributed by atoms with Gasteiger partial charge in [0.05, 0.1) is 22.1 Å². The Balaban J connectivity index is 1.98. The van der Waals surface area contributed by atoms with Gasteiger partial charge in [0.1, 0.15) is 0 Å². The third-order valence-electron chi connectivity index (χ3n) is 3.45. The first-order valence-electron chi connectivity index (χ1n) is 7.16. The highest BCUT2D eigenvalue weighted by Gasteiger charge is 2.09. The Morgan fingerprint density at radius 1 is 1.21 bits per heavy atom. The summed E-state index contributed by atoms with van der Waals surface area (Å²) in [5.74, 6) is 0. The molecule has 0 aliphatic rings. The predicted molar refractivity (Wildman–Crippen MR) is 101 cm³/mol. The summed E-state index contributed by atoms with van der Waals surface area (Å²) in [4.78, 5) is 5.03. The van der Waals surface area contributed by atoms with Gasteiger partial charge >= 0.3 is 0 Å². The Morgan fingerprint density at radius 2 is 2.04 bits per heavy atom. The lowest BCUT2D eigenvalue weighted by Crippen LogP contribution is -2.11. The third-order valence-corrected chi connectivity index (χ3v) is 4.91. The number of halogens is 2. The average Bonchev–Trinajstić information content (AvgIpc) is 2.94. The van der Waals surface area contributed by atoms with E-state index in [1.807, 2.05) is 54.3 Å². The third kappa shape index (κ3) is 3.59. The molecule has 122 valence electrons. The van der Waals surface area contributed by atoms with Crippen LogP contribution in [-0.2, 0) is 7.05 Å². The summed E-state index contributed by atoms with van der Waals surface area (Å²) in [6, 6.07) is 11.2. The molecule has 0 atom stereocenters. The molecule has 1 aromatic carbocycles. The number of pyridine rings is 1. The molecule has 0 aliphatic heterocycles. The maximum Gasteiger partial charge on any atom is 0.210 e. The molecular formula is C17H14Cl2N4S. The first-order chi connectivity index (χ1) is 11.6. The molecule has 0 saturated heterocycles. The predicted octanol–water partition coefficient (Wildman–Crippen LogP) is 4.78. The first kappa shape index (κ1) is 16.9. The molecule has 0 aliphatic carbocycles. The van der Waals surface area contributed by atoms with E-state index < -0.39 is 0 Å². The fourth-order valence-electron chi connectivity index (χ4n) is 2.15. The van der Waals surface area contributed by atoms with E-state index in [1.165, 1.54) is 11.3 Å². The van der Waals surface area contributed by atoms with Gasteiger partial charge in [-0.25, -0.2) is 0 Å². The molecule has 24 heavy (non-hydrogen) atoms. The Morgan fingerprint density at radius 3 is 2.75 bits per heavy atom. The van der Waals surface area contributed by atoms with Gasteiger partial charge in [0.2, 0.25) is 4.80 Å². The minimum Gasteiger partial charge on any atom is -0.318 e. The second-order valence-electron chi connectivity index (χ2n) is 5.09. The quantitative estimate of drug-likeness (QED) is 0.478. The zero-order valence-electron chi connectivity index (χ0n) is 13.1. The fraction of sp³-hybridized carbons (Fsp3) is 0.118. The molecule has 0 N–H and O–H groups in total. The van der Waals surface area contributed by atoms with Crippen LogP contribution in [0.2, 0.25) is 10.0 Å². The number of thiazole rings is 1. The van der Waals surface area contributed by atoms with Crippen LogP contribution < -0.4 is 4.80 Å². The van der Waals surface area contributed by atoms with E-state index in [0.717, 1.165) is 27.5 Å². The van der Waals surface area contributed by atoms with Crippen LogP contribution in [0.4, 0.5) is 0 Å². The maximum absolute atomic E-state index is 6.29. The van der Waals surface area contributed by atoms with E-state index in [4.69, 9.17) is 23.2 Å². The second kappa shape index (κ2) is 7.30. The van der Waals surface area contributed by atoms with Gasteiger partial charge in [0.15, 0.2) is 0 Å². The maximum atomic E-state index is 6.29. The van der Waals surface area contributed by atoms with E-state index in [2.05, 4.69) is 15.2 Å². The summed E-state index contributed by atoms with van der Waals surface area (Å²) in [5.41, 5.74) is 3.44. The van der Waals surface area contributed by atoms with Crippen LogP contribution in [0, 0.1) is 0 Å². The van der Waals surface area contributed by atoms with Crippen molar-refractivity contribution < 1.29 is 0 Å². The van der Waals surface area contributed by atoms with Gasteiger partial charge in [0, 0.05) is 29.2 Å². The van der Waals surface area contributed by atoms with Crippen molar-refractivity contribution in [2.75, 3.05) is 0 Å². The lowest BCUT2D eigenvalue weighted by atomic mass is 10.2. The zero-order valence-corrected chi connectivity index (χ0v) is 15.4. The molecule has 0 spiro atoms. The van der Waals surface area contributed by atoms with Crippen molar-refractivity contribution in [2.45, 2.75) is 6.92 Å². The van der Waals surface area contributed by atoms with Crippen molar-refractivity contribution in [3.05, 3.63) is 68.5 Å². The van der Waals surface area contributed by atoms with Crippen molar-refractivity contribution in [1.82, 2.24) is 9.55 Å². The van der Waals surface area contributed by atoms with Gasteiger partial charge in [-0.05, 0) is 37.3 Å². The van der Waals surface area contributed by atoms with Crippen molar-refractivity contribution in [1.29, 1.82) is 0 Å². The Bertz CT molecular complexity index is 958. The molecule has 0 fully saturated rings. The van der Waals surface area contributed by atoms with Crippen LogP contribution in [0.3, 0.4) is 0 Å². The highest BCUT2D eigenvalue weighted by Crippen LogP contribution is 2.30. The van der Waals surface area contributed by atoms with Gasteiger partial charge in [-0.2, -0.15) is 5.10 Å².